The smallest absolute Gasteiger partial charge is 0.321 e. The zero-order chi connectivity index (χ0) is 4.57. The summed E-state index contributed by atoms with van der Waals surface area (Å²) < 4.78 is 4.08. The molecule has 1 aliphatic heterocycles. The van der Waals surface area contributed by atoms with E-state index in [1.54, 1.807) is 0 Å². The van der Waals surface area contributed by atoms with E-state index in [4.69, 9.17) is 5.41 Å². The zero-order valence-corrected chi connectivity index (χ0v) is 3.02. The van der Waals surface area contributed by atoms with Gasteiger partial charge in [-0.2, -0.15) is 0 Å². The molecule has 1 aliphatic rings. The number of nitrogens with one attached hydrogen (secondary N) is 1. The first-order valence-electron chi connectivity index (χ1n) is 1.57. The van der Waals surface area contributed by atoms with E-state index >= 15 is 0 Å². The van der Waals surface area contributed by atoms with Gasteiger partial charge in [0.2, 0.25) is 5.90 Å². The Kier molecular flexibility index (Phi) is 0.445. The van der Waals surface area contributed by atoms with Gasteiger partial charge in [0, 0.05) is 0 Å². The van der Waals surface area contributed by atoms with Crippen LogP contribution in [-0.4, -0.2) is 11.9 Å². The van der Waals surface area contributed by atoms with E-state index in [2.05, 4.69) is 4.74 Å². The van der Waals surface area contributed by atoms with Crippen LogP contribution in [0.25, 0.3) is 0 Å². The van der Waals surface area contributed by atoms with Crippen LogP contribution < -0.4 is 0 Å². The third kappa shape index (κ3) is 0.282. The van der Waals surface area contributed by atoms with E-state index in [0.717, 1.165) is 0 Å². The molecule has 32 valence electrons. The first-order chi connectivity index (χ1) is 2.79. The summed E-state index contributed by atoms with van der Waals surface area (Å²) in [5.74, 6) is -0.208. The number of hydrogen-bond donors (Lipinski definition) is 1. The van der Waals surface area contributed by atoms with E-state index in [1.165, 1.54) is 0 Å². The molecule has 0 aliphatic carbocycles. The molecule has 0 saturated carbocycles. The molecule has 0 bridgehead atoms. The van der Waals surface area contributed by atoms with Crippen molar-refractivity contribution in [3.63, 3.8) is 0 Å². The molecule has 3 nitrogen and oxygen atoms in total. The van der Waals surface area contributed by atoms with Crippen LogP contribution in [0.5, 0.6) is 0 Å². The predicted molar refractivity (Wildman–Crippen MR) is 18.4 cm³/mol. The van der Waals surface area contributed by atoms with Gasteiger partial charge < -0.3 is 4.74 Å². The third-order valence-electron chi connectivity index (χ3n) is 0.542. The molecule has 6 heavy (non-hydrogen) atoms. The van der Waals surface area contributed by atoms with Crippen molar-refractivity contribution in [2.75, 3.05) is 0 Å². The molecule has 0 aromatic heterocycles. The van der Waals surface area contributed by atoms with Crippen LogP contribution in [0.2, 0.25) is 0 Å². The van der Waals surface area contributed by atoms with Gasteiger partial charge in [-0.25, -0.2) is 0 Å². The topological polar surface area (TPSA) is 50.2 Å². The molecule has 0 aromatic rings. The summed E-state index contributed by atoms with van der Waals surface area (Å²) in [5, 5.41) is 6.52. The summed E-state index contributed by atoms with van der Waals surface area (Å²) >= 11 is 0. The Labute approximate surface area is 34.4 Å². The molecule has 0 amide bonds. The Morgan fingerprint density at radius 1 is 1.83 bits per heavy atom. The van der Waals surface area contributed by atoms with E-state index in [0.29, 0.717) is 0 Å². The summed E-state index contributed by atoms with van der Waals surface area (Å²) in [7, 11) is 0. The maximum Gasteiger partial charge on any atom is 0.321 e. The highest BCUT2D eigenvalue weighted by Gasteiger charge is 2.20. The largest absolute Gasteiger partial charge is 0.411 e. The third-order valence-corrected chi connectivity index (χ3v) is 0.542. The average Bonchev–Trinajstić information content (AvgIpc) is 1.33. The Bertz CT molecular complexity index is 85.4. The number of esters is 1. The first-order valence-corrected chi connectivity index (χ1v) is 1.57. The molecule has 1 saturated heterocycles. The van der Waals surface area contributed by atoms with Crippen molar-refractivity contribution in [1.29, 1.82) is 5.41 Å². The second-order valence-electron chi connectivity index (χ2n) is 1.07. The van der Waals surface area contributed by atoms with E-state index in [1.807, 2.05) is 0 Å². The van der Waals surface area contributed by atoms with Gasteiger partial charge >= 0.3 is 5.97 Å². The first kappa shape index (κ1) is 3.33. The van der Waals surface area contributed by atoms with Crippen molar-refractivity contribution in [2.45, 2.75) is 6.42 Å². The highest BCUT2D eigenvalue weighted by molar-refractivity contribution is 6.07. The second-order valence-corrected chi connectivity index (χ2v) is 1.07. The summed E-state index contributed by atoms with van der Waals surface area (Å²) in [5.41, 5.74) is 0. The summed E-state index contributed by atoms with van der Waals surface area (Å²) in [6.07, 6.45) is 0.194. The van der Waals surface area contributed by atoms with E-state index in [-0.39, 0.29) is 18.3 Å². The summed E-state index contributed by atoms with van der Waals surface area (Å²) in [4.78, 5) is 9.75. The van der Waals surface area contributed by atoms with Crippen molar-refractivity contribution >= 4 is 11.9 Å². The van der Waals surface area contributed by atoms with Crippen molar-refractivity contribution in [2.24, 2.45) is 0 Å². The molecule has 0 unspecified atom stereocenters. The summed E-state index contributed by atoms with van der Waals surface area (Å²) in [6, 6.07) is 0. The maximum atomic E-state index is 9.75. The van der Waals surface area contributed by atoms with Crippen LogP contribution >= 0.6 is 0 Å². The fourth-order valence-corrected chi connectivity index (χ4v) is 0.260. The fraction of sp³-hybridized carbons (Fsp3) is 0.333. The van der Waals surface area contributed by atoms with Gasteiger partial charge in [0.05, 0.1) is 0 Å². The van der Waals surface area contributed by atoms with Gasteiger partial charge in [-0.3, -0.25) is 10.2 Å². The monoisotopic (exact) mass is 85.0 g/mol. The number of carbonyl (C=O) groups excluding carboxylic acids is 1. The molecule has 0 spiro atoms. The van der Waals surface area contributed by atoms with Crippen LogP contribution in [0.4, 0.5) is 0 Å². The number of hydrogen-bond acceptors (Lipinski definition) is 3. The number of carbonyl (C=O) groups is 1. The normalized spacial score (nSPS) is 19.3. The molecule has 1 rings (SSSR count). The molecule has 1 fully saturated rings. The number of rotatable bonds is 0. The van der Waals surface area contributed by atoms with Crippen molar-refractivity contribution in [3.8, 4) is 0 Å². The molecule has 1 N–H and O–H groups in total. The number of ether oxygens (including phenoxy) is 1. The SMILES string of the molecule is N=C1CC(=O)O1. The fourth-order valence-electron chi connectivity index (χ4n) is 0.260. The zero-order valence-electron chi connectivity index (χ0n) is 3.02. The highest BCUT2D eigenvalue weighted by atomic mass is 16.6. The van der Waals surface area contributed by atoms with Gasteiger partial charge in [-0.1, -0.05) is 0 Å². The van der Waals surface area contributed by atoms with Gasteiger partial charge in [0.1, 0.15) is 6.42 Å². The van der Waals surface area contributed by atoms with Gasteiger partial charge in [-0.15, -0.1) is 0 Å². The minimum Gasteiger partial charge on any atom is -0.411 e. The van der Waals surface area contributed by atoms with Gasteiger partial charge in [0.15, 0.2) is 0 Å². The van der Waals surface area contributed by atoms with Crippen LogP contribution in [-0.2, 0) is 9.53 Å². The molecule has 0 radical (unpaired) electrons. The Morgan fingerprint density at radius 3 is 2.33 bits per heavy atom. The Hall–Kier alpha value is -0.860. The van der Waals surface area contributed by atoms with Crippen molar-refractivity contribution < 1.29 is 9.53 Å². The second kappa shape index (κ2) is 0.801. The minimum absolute atomic E-state index is 0.0833. The van der Waals surface area contributed by atoms with Crippen LogP contribution in [0.3, 0.4) is 0 Å². The lowest BCUT2D eigenvalue weighted by atomic mass is 10.3. The lowest BCUT2D eigenvalue weighted by Gasteiger charge is -2.10. The number of cyclic esters (lactones) is 1. The maximum absolute atomic E-state index is 9.75. The van der Waals surface area contributed by atoms with E-state index in [9.17, 15) is 4.79 Å². The Balaban J connectivity index is 2.47. The van der Waals surface area contributed by atoms with Crippen LogP contribution in [0.15, 0.2) is 0 Å². The molecular weight excluding hydrogens is 82.0 g/mol. The van der Waals surface area contributed by atoms with Gasteiger partial charge in [0.25, 0.3) is 0 Å². The molecule has 3 heteroatoms. The lowest BCUT2D eigenvalue weighted by Crippen LogP contribution is -2.25. The quantitative estimate of drug-likeness (QED) is 0.418. The lowest BCUT2D eigenvalue weighted by molar-refractivity contribution is -0.140. The summed E-state index contributed by atoms with van der Waals surface area (Å²) in [6.45, 7) is 0. The standard InChI is InChI=1S/C3H3NO2/c4-2-1-3(5)6-2/h4H,1H2. The van der Waals surface area contributed by atoms with Crippen molar-refractivity contribution in [3.05, 3.63) is 0 Å². The van der Waals surface area contributed by atoms with E-state index < -0.39 is 0 Å². The van der Waals surface area contributed by atoms with Gasteiger partial charge in [-0.05, 0) is 0 Å². The van der Waals surface area contributed by atoms with Crippen molar-refractivity contribution in [1.82, 2.24) is 0 Å². The Morgan fingerprint density at radius 2 is 2.33 bits per heavy atom. The average molecular weight is 85.1 g/mol. The molecular formula is C3H3NO2. The van der Waals surface area contributed by atoms with Crippen LogP contribution in [0.1, 0.15) is 6.42 Å². The highest BCUT2D eigenvalue weighted by Crippen LogP contribution is 2.01. The minimum atomic E-state index is -0.292. The molecule has 0 atom stereocenters. The van der Waals surface area contributed by atoms with Crippen LogP contribution in [0, 0.1) is 5.41 Å². The predicted octanol–water partition coefficient (Wildman–Crippen LogP) is -0.0894. The molecule has 0 aromatic carbocycles. The molecule has 1 heterocycles.